The lowest BCUT2D eigenvalue weighted by Crippen LogP contribution is -2.15. The van der Waals surface area contributed by atoms with Crippen LogP contribution in [0.2, 0.25) is 0 Å². The second-order valence-electron chi connectivity index (χ2n) is 6.03. The molecular weight excluding hydrogens is 350 g/mol. The quantitative estimate of drug-likeness (QED) is 0.671. The fourth-order valence-electron chi connectivity index (χ4n) is 2.46. The first-order valence-corrected chi connectivity index (χ1v) is 9.08. The van der Waals surface area contributed by atoms with Gasteiger partial charge in [0.25, 0.3) is 0 Å². The summed E-state index contributed by atoms with van der Waals surface area (Å²) in [5, 5.41) is 11.9. The molecule has 136 valence electrons. The van der Waals surface area contributed by atoms with Gasteiger partial charge in [-0.2, -0.15) is 0 Å². The highest BCUT2D eigenvalue weighted by molar-refractivity contribution is 7.99. The summed E-state index contributed by atoms with van der Waals surface area (Å²) in [7, 11) is 5.83. The summed E-state index contributed by atoms with van der Waals surface area (Å²) >= 11 is 1.34. The first kappa shape index (κ1) is 18.1. The van der Waals surface area contributed by atoms with Crippen molar-refractivity contribution in [2.24, 2.45) is 7.05 Å². The summed E-state index contributed by atoms with van der Waals surface area (Å²) in [5.74, 6) is 1.68. The number of aryl methyl sites for hydroxylation is 1. The molecule has 0 radical (unpaired) electrons. The van der Waals surface area contributed by atoms with E-state index in [1.54, 1.807) is 6.26 Å². The van der Waals surface area contributed by atoms with Crippen LogP contribution in [0.25, 0.3) is 11.4 Å². The number of nitrogens with zero attached hydrogens (tertiary/aromatic N) is 4. The number of anilines is 2. The Morgan fingerprint density at radius 2 is 1.96 bits per heavy atom. The molecule has 0 fully saturated rings. The molecule has 0 saturated heterocycles. The Balaban J connectivity index is 1.60. The predicted octanol–water partition coefficient (Wildman–Crippen LogP) is 3.18. The topological polar surface area (TPSA) is 76.2 Å². The van der Waals surface area contributed by atoms with Crippen molar-refractivity contribution in [2.45, 2.75) is 12.1 Å². The Labute approximate surface area is 156 Å². The maximum Gasteiger partial charge on any atom is 0.234 e. The molecule has 2 heterocycles. The molecule has 8 heteroatoms. The number of aromatic nitrogens is 3. The number of amides is 1. The van der Waals surface area contributed by atoms with Gasteiger partial charge >= 0.3 is 0 Å². The van der Waals surface area contributed by atoms with Crippen molar-refractivity contribution in [3.8, 4) is 11.4 Å². The number of furan rings is 1. The van der Waals surface area contributed by atoms with E-state index in [-0.39, 0.29) is 11.7 Å². The SMILES string of the molecule is Cc1occc1-c1nnc(SCC(=O)Nc2ccc(N(C)C)cc2)n1C. The zero-order valence-corrected chi connectivity index (χ0v) is 16.0. The van der Waals surface area contributed by atoms with Crippen molar-refractivity contribution in [3.05, 3.63) is 42.4 Å². The van der Waals surface area contributed by atoms with Crippen LogP contribution in [-0.2, 0) is 11.8 Å². The first-order chi connectivity index (χ1) is 12.5. The number of hydrogen-bond donors (Lipinski definition) is 1. The molecule has 7 nitrogen and oxygen atoms in total. The minimum absolute atomic E-state index is 0.0864. The van der Waals surface area contributed by atoms with Gasteiger partial charge in [-0.05, 0) is 37.3 Å². The van der Waals surface area contributed by atoms with Gasteiger partial charge < -0.3 is 19.2 Å². The first-order valence-electron chi connectivity index (χ1n) is 8.09. The Bertz CT molecular complexity index is 899. The number of nitrogens with one attached hydrogen (secondary N) is 1. The molecule has 0 aliphatic rings. The van der Waals surface area contributed by atoms with Gasteiger partial charge in [0.15, 0.2) is 11.0 Å². The number of carbonyl (C=O) groups is 1. The summed E-state index contributed by atoms with van der Waals surface area (Å²) in [4.78, 5) is 14.2. The van der Waals surface area contributed by atoms with Crippen LogP contribution in [0.4, 0.5) is 11.4 Å². The number of carbonyl (C=O) groups excluding carboxylic acids is 1. The summed E-state index contributed by atoms with van der Waals surface area (Å²) in [5.41, 5.74) is 2.75. The molecule has 3 aromatic rings. The molecule has 0 aliphatic carbocycles. The van der Waals surface area contributed by atoms with Crippen molar-refractivity contribution in [1.82, 2.24) is 14.8 Å². The maximum absolute atomic E-state index is 12.2. The molecule has 1 N–H and O–H groups in total. The van der Waals surface area contributed by atoms with E-state index in [0.717, 1.165) is 28.5 Å². The van der Waals surface area contributed by atoms with Crippen LogP contribution in [0.3, 0.4) is 0 Å². The second-order valence-corrected chi connectivity index (χ2v) is 6.98. The van der Waals surface area contributed by atoms with Crippen LogP contribution in [0.15, 0.2) is 46.2 Å². The molecule has 0 spiro atoms. The standard InChI is InChI=1S/C18H21N5O2S/c1-12-15(9-10-25-12)17-20-21-18(23(17)4)26-11-16(24)19-13-5-7-14(8-6-13)22(2)3/h5-10H,11H2,1-4H3,(H,19,24). The molecule has 26 heavy (non-hydrogen) atoms. The molecule has 2 aromatic heterocycles. The van der Waals surface area contributed by atoms with E-state index in [1.165, 1.54) is 11.8 Å². The highest BCUT2D eigenvalue weighted by atomic mass is 32.2. The zero-order valence-electron chi connectivity index (χ0n) is 15.2. The minimum Gasteiger partial charge on any atom is -0.469 e. The zero-order chi connectivity index (χ0) is 18.7. The molecule has 0 unspecified atom stereocenters. The number of benzene rings is 1. The van der Waals surface area contributed by atoms with Crippen molar-refractivity contribution in [3.63, 3.8) is 0 Å². The Kier molecular flexibility index (Phi) is 5.32. The third-order valence-electron chi connectivity index (χ3n) is 3.93. The van der Waals surface area contributed by atoms with E-state index >= 15 is 0 Å². The number of thioether (sulfide) groups is 1. The highest BCUT2D eigenvalue weighted by Crippen LogP contribution is 2.26. The van der Waals surface area contributed by atoms with Gasteiger partial charge in [-0.1, -0.05) is 11.8 Å². The summed E-state index contributed by atoms with van der Waals surface area (Å²) in [6.07, 6.45) is 1.63. The van der Waals surface area contributed by atoms with Crippen LogP contribution in [-0.4, -0.2) is 40.5 Å². The Morgan fingerprint density at radius 1 is 1.23 bits per heavy atom. The van der Waals surface area contributed by atoms with Gasteiger partial charge in [0.2, 0.25) is 5.91 Å². The van der Waals surface area contributed by atoms with Gasteiger partial charge in [-0.25, -0.2) is 0 Å². The van der Waals surface area contributed by atoms with Gasteiger partial charge in [0.1, 0.15) is 5.76 Å². The fraction of sp³-hybridized carbons (Fsp3) is 0.278. The average Bonchev–Trinajstić information content (AvgIpc) is 3.19. The molecule has 0 aliphatic heterocycles. The molecule has 3 rings (SSSR count). The molecule has 0 bridgehead atoms. The second kappa shape index (κ2) is 7.65. The lowest BCUT2D eigenvalue weighted by Gasteiger charge is -2.13. The van der Waals surface area contributed by atoms with Gasteiger partial charge in [-0.15, -0.1) is 10.2 Å². The largest absolute Gasteiger partial charge is 0.469 e. The van der Waals surface area contributed by atoms with Gasteiger partial charge in [0, 0.05) is 32.5 Å². The van der Waals surface area contributed by atoms with Gasteiger partial charge in [-0.3, -0.25) is 4.79 Å². The lowest BCUT2D eigenvalue weighted by atomic mass is 10.2. The Morgan fingerprint density at radius 3 is 2.58 bits per heavy atom. The van der Waals surface area contributed by atoms with Crippen molar-refractivity contribution >= 4 is 29.0 Å². The molecular formula is C18H21N5O2S. The fourth-order valence-corrected chi connectivity index (χ4v) is 3.17. The average molecular weight is 371 g/mol. The van der Waals surface area contributed by atoms with E-state index in [0.29, 0.717) is 5.16 Å². The van der Waals surface area contributed by atoms with Crippen LogP contribution in [0, 0.1) is 6.92 Å². The van der Waals surface area contributed by atoms with Crippen molar-refractivity contribution < 1.29 is 9.21 Å². The molecule has 0 saturated carbocycles. The Hall–Kier alpha value is -2.74. The monoisotopic (exact) mass is 371 g/mol. The van der Waals surface area contributed by atoms with Crippen LogP contribution < -0.4 is 10.2 Å². The smallest absolute Gasteiger partial charge is 0.234 e. The third kappa shape index (κ3) is 3.91. The van der Waals surface area contributed by atoms with Crippen LogP contribution in [0.5, 0.6) is 0 Å². The number of hydrogen-bond acceptors (Lipinski definition) is 6. The minimum atomic E-state index is -0.0864. The van der Waals surface area contributed by atoms with E-state index in [1.807, 2.05) is 67.9 Å². The highest BCUT2D eigenvalue weighted by Gasteiger charge is 2.15. The van der Waals surface area contributed by atoms with Crippen LogP contribution >= 0.6 is 11.8 Å². The van der Waals surface area contributed by atoms with E-state index < -0.39 is 0 Å². The van der Waals surface area contributed by atoms with Crippen LogP contribution in [0.1, 0.15) is 5.76 Å². The van der Waals surface area contributed by atoms with Crippen molar-refractivity contribution in [1.29, 1.82) is 0 Å². The molecule has 1 amide bonds. The third-order valence-corrected chi connectivity index (χ3v) is 4.95. The lowest BCUT2D eigenvalue weighted by molar-refractivity contribution is -0.113. The van der Waals surface area contributed by atoms with Crippen molar-refractivity contribution in [2.75, 3.05) is 30.1 Å². The van der Waals surface area contributed by atoms with E-state index in [9.17, 15) is 4.79 Å². The predicted molar refractivity (Wildman–Crippen MR) is 104 cm³/mol. The van der Waals surface area contributed by atoms with Gasteiger partial charge in [0.05, 0.1) is 17.6 Å². The summed E-state index contributed by atoms with van der Waals surface area (Å²) in [6.45, 7) is 1.88. The molecule has 0 atom stereocenters. The summed E-state index contributed by atoms with van der Waals surface area (Å²) < 4.78 is 7.18. The normalized spacial score (nSPS) is 10.8. The number of rotatable bonds is 6. The van der Waals surface area contributed by atoms with E-state index in [2.05, 4.69) is 15.5 Å². The summed E-state index contributed by atoms with van der Waals surface area (Å²) in [6, 6.07) is 9.56. The maximum atomic E-state index is 12.2. The molecule has 1 aromatic carbocycles. The van der Waals surface area contributed by atoms with E-state index in [4.69, 9.17) is 4.42 Å².